The molecule has 0 aromatic heterocycles. The van der Waals surface area contributed by atoms with Gasteiger partial charge in [-0.1, -0.05) is 23.7 Å². The van der Waals surface area contributed by atoms with E-state index in [2.05, 4.69) is 5.32 Å². The van der Waals surface area contributed by atoms with Gasteiger partial charge in [-0.2, -0.15) is 0 Å². The maximum Gasteiger partial charge on any atom is 0.317 e. The largest absolute Gasteiger partial charge is 0.338 e. The van der Waals surface area contributed by atoms with Crippen molar-refractivity contribution in [2.24, 2.45) is 5.92 Å². The highest BCUT2D eigenvalue weighted by molar-refractivity contribution is 7.90. The molecule has 0 unspecified atom stereocenters. The summed E-state index contributed by atoms with van der Waals surface area (Å²) >= 11 is 5.84. The van der Waals surface area contributed by atoms with Crippen LogP contribution in [0.3, 0.4) is 0 Å². The zero-order chi connectivity index (χ0) is 16.9. The number of rotatable bonds is 5. The van der Waals surface area contributed by atoms with E-state index in [9.17, 15) is 13.2 Å². The molecule has 1 N–H and O–H groups in total. The van der Waals surface area contributed by atoms with Crippen molar-refractivity contribution in [1.82, 2.24) is 10.2 Å². The lowest BCUT2D eigenvalue weighted by Crippen LogP contribution is -2.47. The molecule has 0 bridgehead atoms. The molecule has 0 spiro atoms. The first-order valence-electron chi connectivity index (χ1n) is 7.78. The molecule has 7 heteroatoms. The standard InChI is InChI=1S/C16H23ClN2O3S/c1-23(21,22)12-14-3-2-10-19(11-14)16(20)18-9-8-13-4-6-15(17)7-5-13/h4-7,14H,2-3,8-12H2,1H3,(H,18,20)/t14-/m1/s1. The summed E-state index contributed by atoms with van der Waals surface area (Å²) in [6, 6.07) is 7.44. The van der Waals surface area contributed by atoms with Crippen LogP contribution in [0.25, 0.3) is 0 Å². The lowest BCUT2D eigenvalue weighted by Gasteiger charge is -2.32. The second-order valence-corrected chi connectivity index (χ2v) is 8.78. The Kier molecular flexibility index (Phi) is 6.30. The van der Waals surface area contributed by atoms with E-state index in [0.717, 1.165) is 24.8 Å². The van der Waals surface area contributed by atoms with E-state index < -0.39 is 9.84 Å². The van der Waals surface area contributed by atoms with Crippen molar-refractivity contribution >= 4 is 27.5 Å². The van der Waals surface area contributed by atoms with Crippen LogP contribution >= 0.6 is 11.6 Å². The Hall–Kier alpha value is -1.27. The SMILES string of the molecule is CS(=O)(=O)C[C@@H]1CCCN(C(=O)NCCc2ccc(Cl)cc2)C1. The van der Waals surface area contributed by atoms with Crippen molar-refractivity contribution in [3.05, 3.63) is 34.9 Å². The Bertz CT molecular complexity index is 631. The summed E-state index contributed by atoms with van der Waals surface area (Å²) in [5.74, 6) is 0.197. The third kappa shape index (κ3) is 6.39. The van der Waals surface area contributed by atoms with Gasteiger partial charge in [-0.15, -0.1) is 0 Å². The Morgan fingerprint density at radius 3 is 2.70 bits per heavy atom. The van der Waals surface area contributed by atoms with Crippen LogP contribution in [0.4, 0.5) is 4.79 Å². The molecule has 1 aliphatic rings. The molecule has 1 heterocycles. The summed E-state index contributed by atoms with van der Waals surface area (Å²) < 4.78 is 22.8. The van der Waals surface area contributed by atoms with E-state index in [4.69, 9.17) is 11.6 Å². The van der Waals surface area contributed by atoms with Gasteiger partial charge in [0.15, 0.2) is 0 Å². The first-order chi connectivity index (χ1) is 10.8. The van der Waals surface area contributed by atoms with E-state index in [0.29, 0.717) is 24.7 Å². The molecule has 1 aromatic rings. The first-order valence-corrected chi connectivity index (χ1v) is 10.2. The molecule has 2 rings (SSSR count). The fraction of sp³-hybridized carbons (Fsp3) is 0.562. The molecule has 1 aliphatic heterocycles. The highest BCUT2D eigenvalue weighted by atomic mass is 35.5. The predicted molar refractivity (Wildman–Crippen MR) is 92.6 cm³/mol. The number of carbonyl (C=O) groups is 1. The number of nitrogens with one attached hydrogen (secondary N) is 1. The number of nitrogens with zero attached hydrogens (tertiary/aromatic N) is 1. The van der Waals surface area contributed by atoms with Crippen LogP contribution in [0.5, 0.6) is 0 Å². The van der Waals surface area contributed by atoms with Crippen LogP contribution in [0.1, 0.15) is 18.4 Å². The fourth-order valence-electron chi connectivity index (χ4n) is 2.89. The number of benzene rings is 1. The monoisotopic (exact) mass is 358 g/mol. The average molecular weight is 359 g/mol. The van der Waals surface area contributed by atoms with E-state index in [-0.39, 0.29) is 17.7 Å². The van der Waals surface area contributed by atoms with Crippen molar-refractivity contribution < 1.29 is 13.2 Å². The molecule has 1 saturated heterocycles. The number of urea groups is 1. The molecule has 1 fully saturated rings. The van der Waals surface area contributed by atoms with Gasteiger partial charge >= 0.3 is 6.03 Å². The Morgan fingerprint density at radius 1 is 1.35 bits per heavy atom. The summed E-state index contributed by atoms with van der Waals surface area (Å²) in [6.45, 7) is 1.75. The molecule has 1 aromatic carbocycles. The molecule has 0 radical (unpaired) electrons. The van der Waals surface area contributed by atoms with Gasteiger partial charge in [-0.25, -0.2) is 13.2 Å². The number of sulfone groups is 1. The third-order valence-corrected chi connectivity index (χ3v) is 5.28. The van der Waals surface area contributed by atoms with E-state index in [1.807, 2.05) is 24.3 Å². The molecule has 2 amide bonds. The molecule has 128 valence electrons. The van der Waals surface area contributed by atoms with Crippen LogP contribution in [0.15, 0.2) is 24.3 Å². The van der Waals surface area contributed by atoms with Gasteiger partial charge in [0.25, 0.3) is 0 Å². The van der Waals surface area contributed by atoms with Crippen molar-refractivity contribution in [1.29, 1.82) is 0 Å². The minimum Gasteiger partial charge on any atom is -0.338 e. The zero-order valence-electron chi connectivity index (χ0n) is 13.3. The molecule has 23 heavy (non-hydrogen) atoms. The Morgan fingerprint density at radius 2 is 2.04 bits per heavy atom. The third-order valence-electron chi connectivity index (χ3n) is 3.95. The summed E-state index contributed by atoms with van der Waals surface area (Å²) in [4.78, 5) is 13.9. The molecule has 0 aliphatic carbocycles. The van der Waals surface area contributed by atoms with Crippen molar-refractivity contribution in [3.8, 4) is 0 Å². The number of likely N-dealkylation sites (tertiary alicyclic amines) is 1. The van der Waals surface area contributed by atoms with Crippen LogP contribution in [-0.2, 0) is 16.3 Å². The maximum absolute atomic E-state index is 12.2. The summed E-state index contributed by atoms with van der Waals surface area (Å²) in [5, 5.41) is 3.60. The van der Waals surface area contributed by atoms with Gasteiger partial charge in [0.2, 0.25) is 0 Å². The van der Waals surface area contributed by atoms with Crippen LogP contribution in [-0.4, -0.2) is 51.0 Å². The van der Waals surface area contributed by atoms with Crippen LogP contribution < -0.4 is 5.32 Å². The lowest BCUT2D eigenvalue weighted by molar-refractivity contribution is 0.170. The lowest BCUT2D eigenvalue weighted by atomic mass is 10.0. The number of halogens is 1. The van der Waals surface area contributed by atoms with Crippen LogP contribution in [0, 0.1) is 5.92 Å². The molecule has 0 saturated carbocycles. The van der Waals surface area contributed by atoms with E-state index >= 15 is 0 Å². The molecule has 1 atom stereocenters. The van der Waals surface area contributed by atoms with Gasteiger partial charge in [-0.05, 0) is 42.9 Å². The summed E-state index contributed by atoms with van der Waals surface area (Å²) in [5.41, 5.74) is 1.11. The van der Waals surface area contributed by atoms with Crippen molar-refractivity contribution in [2.45, 2.75) is 19.3 Å². The minimum atomic E-state index is -3.00. The first kappa shape index (κ1) is 18.1. The smallest absolute Gasteiger partial charge is 0.317 e. The summed E-state index contributed by atoms with van der Waals surface area (Å²) in [7, 11) is -3.00. The van der Waals surface area contributed by atoms with Crippen molar-refractivity contribution in [2.75, 3.05) is 31.6 Å². The normalized spacial score (nSPS) is 18.7. The topological polar surface area (TPSA) is 66.5 Å². The van der Waals surface area contributed by atoms with E-state index in [1.165, 1.54) is 6.26 Å². The van der Waals surface area contributed by atoms with Gasteiger partial charge in [0.05, 0.1) is 5.75 Å². The molecular formula is C16H23ClN2O3S. The Labute approximate surface area is 142 Å². The number of carbonyl (C=O) groups excluding carboxylic acids is 1. The van der Waals surface area contributed by atoms with Gasteiger partial charge in [0.1, 0.15) is 9.84 Å². The number of hydrogen-bond acceptors (Lipinski definition) is 3. The molecule has 5 nitrogen and oxygen atoms in total. The fourth-order valence-corrected chi connectivity index (χ4v) is 4.14. The summed E-state index contributed by atoms with van der Waals surface area (Å²) in [6.07, 6.45) is 3.70. The second kappa shape index (κ2) is 8.02. The number of hydrogen-bond donors (Lipinski definition) is 1. The second-order valence-electron chi connectivity index (χ2n) is 6.16. The number of piperidine rings is 1. The maximum atomic E-state index is 12.2. The molecular weight excluding hydrogens is 336 g/mol. The quantitative estimate of drug-likeness (QED) is 0.878. The highest BCUT2D eigenvalue weighted by Crippen LogP contribution is 2.18. The number of amides is 2. The van der Waals surface area contributed by atoms with E-state index in [1.54, 1.807) is 4.90 Å². The zero-order valence-corrected chi connectivity index (χ0v) is 14.9. The Balaban J connectivity index is 1.77. The van der Waals surface area contributed by atoms with Gasteiger partial charge in [-0.3, -0.25) is 0 Å². The van der Waals surface area contributed by atoms with Crippen molar-refractivity contribution in [3.63, 3.8) is 0 Å². The minimum absolute atomic E-state index is 0.0424. The average Bonchev–Trinajstić information content (AvgIpc) is 2.48. The predicted octanol–water partition coefficient (Wildman–Crippen LogP) is 2.35. The van der Waals surface area contributed by atoms with Gasteiger partial charge < -0.3 is 10.2 Å². The highest BCUT2D eigenvalue weighted by Gasteiger charge is 2.25. The van der Waals surface area contributed by atoms with Crippen LogP contribution in [0.2, 0.25) is 5.02 Å². The van der Waals surface area contributed by atoms with Gasteiger partial charge in [0, 0.05) is 30.9 Å².